The van der Waals surface area contributed by atoms with E-state index < -0.39 is 5.97 Å². The molecule has 2 heterocycles. The summed E-state index contributed by atoms with van der Waals surface area (Å²) in [5.74, 6) is -0.981. The molecule has 0 fully saturated rings. The summed E-state index contributed by atoms with van der Waals surface area (Å²) in [5, 5.41) is 9.95. The van der Waals surface area contributed by atoms with Crippen molar-refractivity contribution in [2.24, 2.45) is 0 Å². The number of aryl methyl sites for hydroxylation is 1. The van der Waals surface area contributed by atoms with Crippen LogP contribution in [0.2, 0.25) is 0 Å². The van der Waals surface area contributed by atoms with E-state index >= 15 is 0 Å². The minimum absolute atomic E-state index is 0.00593. The first kappa shape index (κ1) is 12.8. The molecular formula is C14H12N2O3S. The SMILES string of the molecule is Cc1ncc(CN2C(=O)Cc3cc(C(=O)O)ccc32)s1. The number of fused-ring (bicyclic) bond motifs is 1. The van der Waals surface area contributed by atoms with Crippen LogP contribution >= 0.6 is 11.3 Å². The Morgan fingerprint density at radius 3 is 2.95 bits per heavy atom. The Hall–Kier alpha value is -2.21. The van der Waals surface area contributed by atoms with Gasteiger partial charge in [0, 0.05) is 16.8 Å². The Kier molecular flexibility index (Phi) is 3.02. The van der Waals surface area contributed by atoms with Crippen LogP contribution in [0.25, 0.3) is 0 Å². The summed E-state index contributed by atoms with van der Waals surface area (Å²) in [4.78, 5) is 29.9. The van der Waals surface area contributed by atoms with E-state index in [0.29, 0.717) is 6.54 Å². The number of thiazole rings is 1. The first-order valence-electron chi connectivity index (χ1n) is 6.12. The highest BCUT2D eigenvalue weighted by Crippen LogP contribution is 2.31. The predicted molar refractivity (Wildman–Crippen MR) is 75.1 cm³/mol. The summed E-state index contributed by atoms with van der Waals surface area (Å²) in [6.07, 6.45) is 2.03. The average molecular weight is 288 g/mol. The molecule has 1 aromatic heterocycles. The van der Waals surface area contributed by atoms with Crippen LogP contribution in [-0.4, -0.2) is 22.0 Å². The first-order chi connectivity index (χ1) is 9.54. The van der Waals surface area contributed by atoms with Gasteiger partial charge < -0.3 is 10.0 Å². The Balaban J connectivity index is 1.92. The maximum absolute atomic E-state index is 12.1. The number of carboxylic acids is 1. The van der Waals surface area contributed by atoms with Crippen LogP contribution in [0.4, 0.5) is 5.69 Å². The molecule has 1 aliphatic rings. The second-order valence-electron chi connectivity index (χ2n) is 4.65. The van der Waals surface area contributed by atoms with Crippen molar-refractivity contribution in [2.75, 3.05) is 4.90 Å². The standard InChI is InChI=1S/C14H12N2O3S/c1-8-15-6-11(20-8)7-16-12-3-2-9(14(18)19)4-10(12)5-13(16)17/h2-4,6H,5,7H2,1H3,(H,18,19). The number of carbonyl (C=O) groups excluding carboxylic acids is 1. The Labute approximate surface area is 119 Å². The number of hydrogen-bond acceptors (Lipinski definition) is 4. The van der Waals surface area contributed by atoms with Gasteiger partial charge in [0.05, 0.1) is 23.5 Å². The average Bonchev–Trinajstić information content (AvgIpc) is 2.94. The molecule has 1 aromatic carbocycles. The number of benzene rings is 1. The van der Waals surface area contributed by atoms with E-state index in [1.807, 2.05) is 6.92 Å². The molecular weight excluding hydrogens is 276 g/mol. The number of hydrogen-bond donors (Lipinski definition) is 1. The number of aromatic carboxylic acids is 1. The van der Waals surface area contributed by atoms with Crippen molar-refractivity contribution in [3.8, 4) is 0 Å². The van der Waals surface area contributed by atoms with Gasteiger partial charge in [-0.25, -0.2) is 9.78 Å². The summed E-state index contributed by atoms with van der Waals surface area (Å²) in [5.41, 5.74) is 1.79. The molecule has 0 saturated carbocycles. The number of aromatic nitrogens is 1. The lowest BCUT2D eigenvalue weighted by Gasteiger charge is -2.16. The third-order valence-electron chi connectivity index (χ3n) is 3.24. The van der Waals surface area contributed by atoms with Crippen molar-refractivity contribution in [3.05, 3.63) is 45.4 Å². The van der Waals surface area contributed by atoms with Gasteiger partial charge >= 0.3 is 5.97 Å². The molecule has 102 valence electrons. The molecule has 0 radical (unpaired) electrons. The van der Waals surface area contributed by atoms with Crippen LogP contribution in [0, 0.1) is 6.92 Å². The van der Waals surface area contributed by atoms with Gasteiger partial charge in [-0.2, -0.15) is 0 Å². The largest absolute Gasteiger partial charge is 0.478 e. The smallest absolute Gasteiger partial charge is 0.335 e. The predicted octanol–water partition coefficient (Wildman–Crippen LogP) is 2.24. The van der Waals surface area contributed by atoms with Crippen molar-refractivity contribution in [2.45, 2.75) is 19.9 Å². The summed E-state index contributed by atoms with van der Waals surface area (Å²) in [6, 6.07) is 4.82. The van der Waals surface area contributed by atoms with Crippen molar-refractivity contribution < 1.29 is 14.7 Å². The van der Waals surface area contributed by atoms with Crippen LogP contribution in [0.3, 0.4) is 0 Å². The lowest BCUT2D eigenvalue weighted by atomic mass is 10.1. The molecule has 0 bridgehead atoms. The summed E-state index contributed by atoms with van der Waals surface area (Å²) in [7, 11) is 0. The fraction of sp³-hybridized carbons (Fsp3) is 0.214. The minimum atomic E-state index is -0.975. The van der Waals surface area contributed by atoms with Crippen LogP contribution in [0.5, 0.6) is 0 Å². The van der Waals surface area contributed by atoms with Gasteiger partial charge in [-0.05, 0) is 30.7 Å². The second kappa shape index (κ2) is 4.72. The molecule has 2 aromatic rings. The molecule has 0 unspecified atom stereocenters. The van der Waals surface area contributed by atoms with E-state index in [9.17, 15) is 9.59 Å². The highest BCUT2D eigenvalue weighted by Gasteiger charge is 2.28. The highest BCUT2D eigenvalue weighted by atomic mass is 32.1. The molecule has 20 heavy (non-hydrogen) atoms. The molecule has 0 aliphatic carbocycles. The minimum Gasteiger partial charge on any atom is -0.478 e. The fourth-order valence-corrected chi connectivity index (χ4v) is 3.11. The number of carbonyl (C=O) groups is 2. The molecule has 0 spiro atoms. The molecule has 0 saturated heterocycles. The Bertz CT molecular complexity index is 708. The maximum Gasteiger partial charge on any atom is 0.335 e. The van der Waals surface area contributed by atoms with Gasteiger partial charge in [0.2, 0.25) is 5.91 Å². The molecule has 1 amide bonds. The lowest BCUT2D eigenvalue weighted by molar-refractivity contribution is -0.117. The molecule has 3 rings (SSSR count). The van der Waals surface area contributed by atoms with E-state index in [0.717, 1.165) is 21.1 Å². The second-order valence-corrected chi connectivity index (χ2v) is 5.97. The topological polar surface area (TPSA) is 70.5 Å². The molecule has 5 nitrogen and oxygen atoms in total. The molecule has 0 atom stereocenters. The van der Waals surface area contributed by atoms with E-state index in [-0.39, 0.29) is 17.9 Å². The number of amides is 1. The van der Waals surface area contributed by atoms with Crippen molar-refractivity contribution in [3.63, 3.8) is 0 Å². The van der Waals surface area contributed by atoms with Gasteiger partial charge in [0.25, 0.3) is 0 Å². The highest BCUT2D eigenvalue weighted by molar-refractivity contribution is 7.11. The van der Waals surface area contributed by atoms with Crippen molar-refractivity contribution >= 4 is 28.9 Å². The van der Waals surface area contributed by atoms with Gasteiger partial charge in [-0.1, -0.05) is 0 Å². The third kappa shape index (κ3) is 2.18. The molecule has 1 aliphatic heterocycles. The Morgan fingerprint density at radius 2 is 2.30 bits per heavy atom. The maximum atomic E-state index is 12.1. The van der Waals surface area contributed by atoms with Crippen LogP contribution in [-0.2, 0) is 17.8 Å². The van der Waals surface area contributed by atoms with Crippen LogP contribution in [0.1, 0.15) is 25.8 Å². The quantitative estimate of drug-likeness (QED) is 0.940. The van der Waals surface area contributed by atoms with Crippen molar-refractivity contribution in [1.82, 2.24) is 4.98 Å². The third-order valence-corrected chi connectivity index (χ3v) is 4.14. The zero-order valence-corrected chi connectivity index (χ0v) is 11.6. The van der Waals surface area contributed by atoms with E-state index in [1.54, 1.807) is 34.6 Å². The molecule has 6 heteroatoms. The van der Waals surface area contributed by atoms with Crippen molar-refractivity contribution in [1.29, 1.82) is 0 Å². The zero-order valence-electron chi connectivity index (χ0n) is 10.8. The lowest BCUT2D eigenvalue weighted by Crippen LogP contribution is -2.25. The number of nitrogens with zero attached hydrogens (tertiary/aromatic N) is 2. The molecule has 1 N–H and O–H groups in total. The summed E-state index contributed by atoms with van der Waals surface area (Å²) < 4.78 is 0. The van der Waals surface area contributed by atoms with E-state index in [1.165, 1.54) is 6.07 Å². The number of anilines is 1. The van der Waals surface area contributed by atoms with Gasteiger partial charge in [0.1, 0.15) is 0 Å². The van der Waals surface area contributed by atoms with E-state index in [4.69, 9.17) is 5.11 Å². The summed E-state index contributed by atoms with van der Waals surface area (Å²) in [6.45, 7) is 2.41. The number of carboxylic acid groups (broad SMARTS) is 1. The zero-order chi connectivity index (χ0) is 14.3. The fourth-order valence-electron chi connectivity index (χ4n) is 2.32. The monoisotopic (exact) mass is 288 g/mol. The number of rotatable bonds is 3. The van der Waals surface area contributed by atoms with E-state index in [2.05, 4.69) is 4.98 Å². The first-order valence-corrected chi connectivity index (χ1v) is 6.94. The van der Waals surface area contributed by atoms with Gasteiger partial charge in [0.15, 0.2) is 0 Å². The van der Waals surface area contributed by atoms with Gasteiger partial charge in [-0.3, -0.25) is 4.79 Å². The normalized spacial score (nSPS) is 13.7. The van der Waals surface area contributed by atoms with Crippen LogP contribution < -0.4 is 4.90 Å². The summed E-state index contributed by atoms with van der Waals surface area (Å²) >= 11 is 1.56. The van der Waals surface area contributed by atoms with Crippen LogP contribution in [0.15, 0.2) is 24.4 Å². The Morgan fingerprint density at radius 1 is 1.50 bits per heavy atom. The van der Waals surface area contributed by atoms with Gasteiger partial charge in [-0.15, -0.1) is 11.3 Å².